The quantitative estimate of drug-likeness (QED) is 0.711. The van der Waals surface area contributed by atoms with Crippen LogP contribution in [0.15, 0.2) is 24.3 Å². The lowest BCUT2D eigenvalue weighted by molar-refractivity contribution is 0.170. The molecule has 1 aromatic rings. The number of ether oxygens (including phenoxy) is 1. The van der Waals surface area contributed by atoms with Crippen molar-refractivity contribution in [1.82, 2.24) is 0 Å². The van der Waals surface area contributed by atoms with Crippen molar-refractivity contribution in [3.63, 3.8) is 0 Å². The highest BCUT2D eigenvalue weighted by molar-refractivity contribution is 5.36. The van der Waals surface area contributed by atoms with Gasteiger partial charge in [-0.05, 0) is 32.0 Å². The highest BCUT2D eigenvalue weighted by Crippen LogP contribution is 2.18. The van der Waals surface area contributed by atoms with Gasteiger partial charge in [-0.2, -0.15) is 10.5 Å². The van der Waals surface area contributed by atoms with E-state index < -0.39 is 5.60 Å². The fraction of sp³-hybridized carbons (Fsp3) is 0.273. The Labute approximate surface area is 83.2 Å². The highest BCUT2D eigenvalue weighted by Gasteiger charge is 2.18. The van der Waals surface area contributed by atoms with Gasteiger partial charge in [-0.1, -0.05) is 6.07 Å². The first-order chi connectivity index (χ1) is 6.57. The van der Waals surface area contributed by atoms with Gasteiger partial charge in [-0.15, -0.1) is 0 Å². The van der Waals surface area contributed by atoms with Crippen molar-refractivity contribution >= 4 is 0 Å². The topological polar surface area (TPSA) is 56.8 Å². The molecule has 0 aliphatic heterocycles. The molecule has 3 heteroatoms. The number of nitrogens with zero attached hydrogens (tertiary/aromatic N) is 2. The van der Waals surface area contributed by atoms with E-state index in [2.05, 4.69) is 0 Å². The third kappa shape index (κ3) is 2.50. The number of hydrogen-bond donors (Lipinski definition) is 0. The summed E-state index contributed by atoms with van der Waals surface area (Å²) < 4.78 is 5.38. The third-order valence-corrected chi connectivity index (χ3v) is 1.61. The van der Waals surface area contributed by atoms with Gasteiger partial charge in [0.05, 0.1) is 11.6 Å². The van der Waals surface area contributed by atoms with Gasteiger partial charge in [0.1, 0.15) is 11.8 Å². The summed E-state index contributed by atoms with van der Waals surface area (Å²) >= 11 is 0. The van der Waals surface area contributed by atoms with Crippen LogP contribution in [-0.2, 0) is 0 Å². The second kappa shape index (κ2) is 3.81. The highest BCUT2D eigenvalue weighted by atomic mass is 16.5. The van der Waals surface area contributed by atoms with Gasteiger partial charge in [-0.25, -0.2) is 0 Å². The van der Waals surface area contributed by atoms with Crippen molar-refractivity contribution in [2.75, 3.05) is 0 Å². The van der Waals surface area contributed by atoms with E-state index in [4.69, 9.17) is 15.3 Å². The predicted molar refractivity (Wildman–Crippen MR) is 51.5 cm³/mol. The molecule has 70 valence electrons. The summed E-state index contributed by atoms with van der Waals surface area (Å²) in [6, 6.07) is 10.8. The lowest BCUT2D eigenvalue weighted by Gasteiger charge is -2.17. The minimum Gasteiger partial charge on any atom is -0.473 e. The number of rotatable bonds is 2. The Morgan fingerprint density at radius 2 is 2.00 bits per heavy atom. The molecule has 0 aromatic heterocycles. The normalized spacial score (nSPS) is 10.0. The van der Waals surface area contributed by atoms with Gasteiger partial charge in [0.2, 0.25) is 0 Å². The van der Waals surface area contributed by atoms with Crippen molar-refractivity contribution in [1.29, 1.82) is 10.5 Å². The molecule has 0 aliphatic rings. The second-order valence-electron chi connectivity index (χ2n) is 3.36. The Kier molecular flexibility index (Phi) is 2.74. The summed E-state index contributed by atoms with van der Waals surface area (Å²) in [4.78, 5) is 0. The molecule has 0 radical (unpaired) electrons. The average molecular weight is 186 g/mol. The van der Waals surface area contributed by atoms with Crippen molar-refractivity contribution in [3.8, 4) is 17.9 Å². The molecule has 1 rings (SSSR count). The Morgan fingerprint density at radius 1 is 1.29 bits per heavy atom. The monoisotopic (exact) mass is 186 g/mol. The molecule has 0 amide bonds. The van der Waals surface area contributed by atoms with Crippen LogP contribution in [0.25, 0.3) is 0 Å². The van der Waals surface area contributed by atoms with Crippen LogP contribution in [0.3, 0.4) is 0 Å². The molecule has 3 nitrogen and oxygen atoms in total. The van der Waals surface area contributed by atoms with Gasteiger partial charge in [0, 0.05) is 0 Å². The minimum absolute atomic E-state index is 0.524. The van der Waals surface area contributed by atoms with Gasteiger partial charge in [0.15, 0.2) is 5.60 Å². The van der Waals surface area contributed by atoms with Gasteiger partial charge in [-0.3, -0.25) is 0 Å². The maximum Gasteiger partial charge on any atom is 0.188 e. The molecular weight excluding hydrogens is 176 g/mol. The van der Waals surface area contributed by atoms with Gasteiger partial charge >= 0.3 is 0 Å². The van der Waals surface area contributed by atoms with E-state index in [1.807, 2.05) is 12.1 Å². The lowest BCUT2D eigenvalue weighted by atomic mass is 10.1. The number of hydrogen-bond acceptors (Lipinski definition) is 3. The van der Waals surface area contributed by atoms with Crippen molar-refractivity contribution in [2.24, 2.45) is 0 Å². The van der Waals surface area contributed by atoms with Crippen LogP contribution in [0.1, 0.15) is 19.4 Å². The average Bonchev–Trinajstić information content (AvgIpc) is 2.17. The largest absolute Gasteiger partial charge is 0.473 e. The van der Waals surface area contributed by atoms with Crippen LogP contribution < -0.4 is 4.74 Å². The molecule has 1 aromatic carbocycles. The summed E-state index contributed by atoms with van der Waals surface area (Å²) in [6.45, 7) is 3.35. The van der Waals surface area contributed by atoms with Crippen LogP contribution >= 0.6 is 0 Å². The molecular formula is C11H10N2O. The van der Waals surface area contributed by atoms with Crippen LogP contribution in [-0.4, -0.2) is 5.60 Å². The van der Waals surface area contributed by atoms with Crippen molar-refractivity contribution in [3.05, 3.63) is 29.8 Å². The Bertz CT molecular complexity index is 410. The molecule has 0 bridgehead atoms. The standard InChI is InChI=1S/C11H10N2O/c1-11(2,8-13)14-10-5-3-4-9(6-10)7-12/h3-6H,1-2H3. The Morgan fingerprint density at radius 3 is 2.57 bits per heavy atom. The third-order valence-electron chi connectivity index (χ3n) is 1.61. The van der Waals surface area contributed by atoms with E-state index in [1.54, 1.807) is 38.1 Å². The molecule has 0 saturated carbocycles. The first kappa shape index (κ1) is 10.1. The van der Waals surface area contributed by atoms with Crippen LogP contribution in [0.4, 0.5) is 0 Å². The molecule has 0 atom stereocenters. The zero-order valence-corrected chi connectivity index (χ0v) is 8.11. The second-order valence-corrected chi connectivity index (χ2v) is 3.36. The fourth-order valence-corrected chi connectivity index (χ4v) is 0.947. The summed E-state index contributed by atoms with van der Waals surface area (Å²) in [5, 5.41) is 17.4. The summed E-state index contributed by atoms with van der Waals surface area (Å²) in [5.41, 5.74) is -0.343. The number of benzene rings is 1. The Balaban J connectivity index is 2.90. The zero-order chi connectivity index (χ0) is 10.6. The maximum atomic E-state index is 8.74. The minimum atomic E-state index is -0.867. The van der Waals surface area contributed by atoms with E-state index in [9.17, 15) is 0 Å². The molecule has 0 saturated heterocycles. The lowest BCUT2D eigenvalue weighted by Crippen LogP contribution is -2.25. The molecule has 14 heavy (non-hydrogen) atoms. The van der Waals surface area contributed by atoms with Crippen molar-refractivity contribution < 1.29 is 4.74 Å². The first-order valence-electron chi connectivity index (χ1n) is 4.18. The van der Waals surface area contributed by atoms with Gasteiger partial charge < -0.3 is 4.74 Å². The van der Waals surface area contributed by atoms with Crippen LogP contribution in [0, 0.1) is 22.7 Å². The summed E-state index contributed by atoms with van der Waals surface area (Å²) in [5.74, 6) is 0.538. The molecule has 0 spiro atoms. The smallest absolute Gasteiger partial charge is 0.188 e. The molecule has 0 unspecified atom stereocenters. The first-order valence-corrected chi connectivity index (χ1v) is 4.18. The number of nitriles is 2. The zero-order valence-electron chi connectivity index (χ0n) is 8.11. The van der Waals surface area contributed by atoms with E-state index in [-0.39, 0.29) is 0 Å². The van der Waals surface area contributed by atoms with E-state index in [0.29, 0.717) is 11.3 Å². The van der Waals surface area contributed by atoms with Crippen molar-refractivity contribution in [2.45, 2.75) is 19.4 Å². The van der Waals surface area contributed by atoms with E-state index in [1.165, 1.54) is 0 Å². The van der Waals surface area contributed by atoms with E-state index in [0.717, 1.165) is 0 Å². The maximum absolute atomic E-state index is 8.74. The van der Waals surface area contributed by atoms with Crippen LogP contribution in [0.5, 0.6) is 5.75 Å². The molecule has 0 heterocycles. The summed E-state index contributed by atoms with van der Waals surface area (Å²) in [6.07, 6.45) is 0. The van der Waals surface area contributed by atoms with Gasteiger partial charge in [0.25, 0.3) is 0 Å². The molecule has 0 N–H and O–H groups in total. The summed E-state index contributed by atoms with van der Waals surface area (Å²) in [7, 11) is 0. The SMILES string of the molecule is CC(C)(C#N)Oc1cccc(C#N)c1. The molecule has 0 aliphatic carbocycles. The fourth-order valence-electron chi connectivity index (χ4n) is 0.947. The molecule has 0 fully saturated rings. The predicted octanol–water partition coefficient (Wildman–Crippen LogP) is 2.24. The van der Waals surface area contributed by atoms with Crippen LogP contribution in [0.2, 0.25) is 0 Å². The Hall–Kier alpha value is -2.00. The van der Waals surface area contributed by atoms with E-state index >= 15 is 0 Å².